The lowest BCUT2D eigenvalue weighted by Gasteiger charge is -2.28. The van der Waals surface area contributed by atoms with Crippen molar-refractivity contribution in [2.45, 2.75) is 54.9 Å². The summed E-state index contributed by atoms with van der Waals surface area (Å²) >= 11 is 0. The highest BCUT2D eigenvalue weighted by molar-refractivity contribution is 7.89. The number of nitrogens with zero attached hydrogens (tertiary/aromatic N) is 2. The number of aromatic nitrogens is 1. The van der Waals surface area contributed by atoms with Gasteiger partial charge in [0.05, 0.1) is 29.7 Å². The second kappa shape index (κ2) is 10.8. The number of rotatable bonds is 8. The molecule has 2 aromatic carbocycles. The Balaban J connectivity index is 0.00000196. The summed E-state index contributed by atoms with van der Waals surface area (Å²) in [5, 5.41) is 12.6. The van der Waals surface area contributed by atoms with Gasteiger partial charge in [0.15, 0.2) is 0 Å². The number of pyridine rings is 1. The van der Waals surface area contributed by atoms with Crippen LogP contribution < -0.4 is 10.1 Å². The summed E-state index contributed by atoms with van der Waals surface area (Å²) in [5.74, 6) is 1.13. The van der Waals surface area contributed by atoms with Crippen molar-refractivity contribution >= 4 is 21.7 Å². The molecule has 1 aliphatic carbocycles. The number of anilines is 1. The first kappa shape index (κ1) is 26.3. The molecule has 2 fully saturated rings. The normalized spacial score (nSPS) is 19.4. The Morgan fingerprint density at radius 1 is 1.08 bits per heavy atom. The second-order valence-corrected chi connectivity index (χ2v) is 11.9. The van der Waals surface area contributed by atoms with E-state index in [1.165, 1.54) is 4.31 Å². The molecule has 206 valence electrons. The first-order valence-electron chi connectivity index (χ1n) is 13.0. The van der Waals surface area contributed by atoms with Crippen molar-refractivity contribution in [3.8, 4) is 17.0 Å². The number of aliphatic hydroxyl groups excluding tert-OH is 1. The van der Waals surface area contributed by atoms with Crippen LogP contribution in [0.4, 0.5) is 5.82 Å². The predicted octanol–water partition coefficient (Wildman–Crippen LogP) is 5.09. The maximum absolute atomic E-state index is 13.6. The third kappa shape index (κ3) is 4.93. The highest BCUT2D eigenvalue weighted by Crippen LogP contribution is 2.42. The lowest BCUT2D eigenvalue weighted by atomic mass is 9.78. The Hall–Kier alpha value is -3.27. The lowest BCUT2D eigenvalue weighted by Crippen LogP contribution is -2.38. The molecule has 8 nitrogen and oxygen atoms in total. The molecule has 38 heavy (non-hydrogen) atoms. The molecule has 1 aromatic heterocycles. The van der Waals surface area contributed by atoms with Gasteiger partial charge in [-0.25, -0.2) is 13.4 Å². The van der Waals surface area contributed by atoms with Crippen LogP contribution in [0.1, 0.15) is 48.4 Å². The highest BCUT2D eigenvalue weighted by atomic mass is 32.2. The number of carbonyl (C=O) groups excluding carboxylic acids is 1. The molecule has 0 radical (unpaired) electrons. The van der Waals surface area contributed by atoms with Gasteiger partial charge in [0, 0.05) is 22.4 Å². The molecule has 9 heteroatoms. The van der Waals surface area contributed by atoms with Crippen molar-refractivity contribution in [3.05, 3.63) is 72.3 Å². The van der Waals surface area contributed by atoms with E-state index in [1.807, 2.05) is 36.4 Å². The molecule has 0 spiro atoms. The van der Waals surface area contributed by atoms with E-state index in [0.717, 1.165) is 49.0 Å². The van der Waals surface area contributed by atoms with Gasteiger partial charge in [-0.05, 0) is 67.6 Å². The molecule has 3 aromatic rings. The van der Waals surface area contributed by atoms with Gasteiger partial charge < -0.3 is 15.2 Å². The average molecular weight is 542 g/mol. The molecule has 2 N–H and O–H groups in total. The Morgan fingerprint density at radius 2 is 1.79 bits per heavy atom. The summed E-state index contributed by atoms with van der Waals surface area (Å²) in [6, 6.07) is 19.3. The molecule has 5 rings (SSSR count). The van der Waals surface area contributed by atoms with E-state index in [9.17, 15) is 18.3 Å². The smallest absolute Gasteiger partial charge is 0.243 e. The van der Waals surface area contributed by atoms with Gasteiger partial charge in [-0.15, -0.1) is 0 Å². The number of amides is 1. The summed E-state index contributed by atoms with van der Waals surface area (Å²) in [6.07, 6.45) is 4.92. The van der Waals surface area contributed by atoms with Crippen molar-refractivity contribution < 1.29 is 27.3 Å². The van der Waals surface area contributed by atoms with E-state index in [0.29, 0.717) is 24.5 Å². The number of methoxy groups -OCH3 is 1. The third-order valence-corrected chi connectivity index (χ3v) is 9.78. The number of aliphatic hydroxyl groups is 1. The zero-order chi connectivity index (χ0) is 26.8. The average Bonchev–Trinajstić information content (AvgIpc) is 3.65. The van der Waals surface area contributed by atoms with Gasteiger partial charge in [0.2, 0.25) is 15.9 Å². The predicted molar refractivity (Wildman–Crippen MR) is 152 cm³/mol. The minimum absolute atomic E-state index is 0. The number of sulfonamides is 1. The van der Waals surface area contributed by atoms with E-state index in [1.54, 1.807) is 37.4 Å². The van der Waals surface area contributed by atoms with Crippen LogP contribution in [0.15, 0.2) is 71.6 Å². The number of hydrogen-bond acceptors (Lipinski definition) is 6. The summed E-state index contributed by atoms with van der Waals surface area (Å²) in [5.41, 5.74) is 1.74. The van der Waals surface area contributed by atoms with Gasteiger partial charge in [-0.3, -0.25) is 4.79 Å². The Morgan fingerprint density at radius 3 is 2.45 bits per heavy atom. The van der Waals surface area contributed by atoms with Crippen molar-refractivity contribution in [3.63, 3.8) is 0 Å². The Kier molecular flexibility index (Phi) is 7.52. The number of hydrogen-bond donors (Lipinski definition) is 2. The molecule has 2 heterocycles. The molecule has 2 aliphatic rings. The minimum atomic E-state index is -3.68. The van der Waals surface area contributed by atoms with Gasteiger partial charge >= 0.3 is 0 Å². The van der Waals surface area contributed by atoms with Gasteiger partial charge in [-0.2, -0.15) is 4.31 Å². The fourth-order valence-electron chi connectivity index (χ4n) is 5.68. The monoisotopic (exact) mass is 541 g/mol. The fourth-order valence-corrected chi connectivity index (χ4v) is 7.36. The number of ether oxygens (including phenoxy) is 1. The van der Waals surface area contributed by atoms with E-state index in [-0.39, 0.29) is 27.7 Å². The summed E-state index contributed by atoms with van der Waals surface area (Å²) in [7, 11) is -2.06. The van der Waals surface area contributed by atoms with Crippen molar-refractivity contribution in [1.82, 2.24) is 9.29 Å². The zero-order valence-corrected chi connectivity index (χ0v) is 22.3. The topological polar surface area (TPSA) is 109 Å². The maximum Gasteiger partial charge on any atom is 0.243 e. The standard InChI is InChI=1S/C29H33N3O5S.3H2/c1-37-24-13-11-22(12-14-24)29(17-2-3-18-29)28(34)31-27-8-4-7-26(30-27)21-9-15-25(16-10-21)38(35,36)32-19-5-6-23(32)20-33;;;/h4,7-16,23,33H,2-3,5-6,17-20H2,1H3,(H,30,31,34);3*1H/t23-;;;/m1.../s1. The third-order valence-electron chi connectivity index (χ3n) is 7.82. The van der Waals surface area contributed by atoms with E-state index in [4.69, 9.17) is 4.74 Å². The molecule has 1 amide bonds. The van der Waals surface area contributed by atoms with Crippen molar-refractivity contribution in [1.29, 1.82) is 0 Å². The molecular weight excluding hydrogens is 502 g/mol. The first-order valence-corrected chi connectivity index (χ1v) is 14.5. The van der Waals surface area contributed by atoms with Crippen LogP contribution in [-0.2, 0) is 20.2 Å². The SMILES string of the molecule is COc1ccc(C2(C(=O)Nc3cccc(-c4ccc(S(=O)(=O)N5CCC[C@@H]5CO)cc4)n3)CCCC2)cc1.[HH].[HH].[HH]. The molecular formula is C29H39N3O5S. The van der Waals surface area contributed by atoms with E-state index < -0.39 is 15.4 Å². The maximum atomic E-state index is 13.6. The van der Waals surface area contributed by atoms with Crippen LogP contribution >= 0.6 is 0 Å². The van der Waals surface area contributed by atoms with Gasteiger partial charge in [-0.1, -0.05) is 43.2 Å². The zero-order valence-electron chi connectivity index (χ0n) is 21.5. The van der Waals surface area contributed by atoms with Gasteiger partial charge in [0.1, 0.15) is 11.6 Å². The molecule has 1 atom stereocenters. The summed E-state index contributed by atoms with van der Waals surface area (Å²) in [4.78, 5) is 18.4. The van der Waals surface area contributed by atoms with Crippen molar-refractivity contribution in [2.24, 2.45) is 0 Å². The van der Waals surface area contributed by atoms with Crippen LogP contribution in [0.5, 0.6) is 5.75 Å². The van der Waals surface area contributed by atoms with Crippen LogP contribution in [0.25, 0.3) is 11.3 Å². The molecule has 0 unspecified atom stereocenters. The lowest BCUT2D eigenvalue weighted by molar-refractivity contribution is -0.121. The largest absolute Gasteiger partial charge is 0.497 e. The van der Waals surface area contributed by atoms with Crippen LogP contribution in [-0.4, -0.2) is 55.0 Å². The molecule has 0 bridgehead atoms. The molecule has 1 saturated carbocycles. The molecule has 1 aliphatic heterocycles. The van der Waals surface area contributed by atoms with E-state index >= 15 is 0 Å². The summed E-state index contributed by atoms with van der Waals surface area (Å²) in [6.45, 7) is 0.232. The quantitative estimate of drug-likeness (QED) is 0.411. The van der Waals surface area contributed by atoms with Crippen LogP contribution in [0.2, 0.25) is 0 Å². The van der Waals surface area contributed by atoms with Gasteiger partial charge in [0.25, 0.3) is 0 Å². The highest BCUT2D eigenvalue weighted by Gasteiger charge is 2.43. The summed E-state index contributed by atoms with van der Waals surface area (Å²) < 4.78 is 32.8. The minimum Gasteiger partial charge on any atom is -0.497 e. The second-order valence-electron chi connectivity index (χ2n) is 10.00. The Bertz CT molecular complexity index is 1400. The number of carbonyl (C=O) groups is 1. The van der Waals surface area contributed by atoms with Crippen LogP contribution in [0.3, 0.4) is 0 Å². The Labute approximate surface area is 228 Å². The fraction of sp³-hybridized carbons (Fsp3) is 0.379. The van der Waals surface area contributed by atoms with Crippen LogP contribution in [0, 0.1) is 0 Å². The first-order chi connectivity index (χ1) is 18.4. The molecule has 1 saturated heterocycles. The van der Waals surface area contributed by atoms with Crippen molar-refractivity contribution in [2.75, 3.05) is 25.6 Å². The van der Waals surface area contributed by atoms with E-state index in [2.05, 4.69) is 10.3 Å². The number of nitrogens with one attached hydrogen (secondary N) is 1. The number of benzene rings is 2.